The molecule has 1 heterocycles. The van der Waals surface area contributed by atoms with Gasteiger partial charge in [0.1, 0.15) is 5.82 Å². The van der Waals surface area contributed by atoms with E-state index in [4.69, 9.17) is 4.74 Å². The van der Waals surface area contributed by atoms with Gasteiger partial charge in [-0.3, -0.25) is 0 Å². The molecule has 0 bridgehead atoms. The van der Waals surface area contributed by atoms with Crippen LogP contribution in [0.25, 0.3) is 0 Å². The van der Waals surface area contributed by atoms with E-state index in [2.05, 4.69) is 34.9 Å². The molecule has 0 saturated heterocycles. The maximum atomic E-state index is 5.24. The van der Waals surface area contributed by atoms with E-state index in [9.17, 15) is 0 Å². The third-order valence-corrected chi connectivity index (χ3v) is 2.82. The fourth-order valence-electron chi connectivity index (χ4n) is 1.69. The molecule has 1 rings (SSSR count). The van der Waals surface area contributed by atoms with Crippen molar-refractivity contribution < 1.29 is 4.74 Å². The van der Waals surface area contributed by atoms with Gasteiger partial charge in [0.2, 0.25) is 0 Å². The molecular formula is C15H23N3O. The Hall–Kier alpha value is -1.52. The van der Waals surface area contributed by atoms with Crippen molar-refractivity contribution in [3.8, 4) is 0 Å². The number of methoxy groups -OCH3 is 1. The monoisotopic (exact) mass is 261 g/mol. The van der Waals surface area contributed by atoms with Crippen LogP contribution in [0.3, 0.4) is 0 Å². The molecule has 0 radical (unpaired) electrons. The van der Waals surface area contributed by atoms with Gasteiger partial charge in [-0.2, -0.15) is 0 Å². The van der Waals surface area contributed by atoms with Crippen LogP contribution in [-0.4, -0.2) is 29.7 Å². The van der Waals surface area contributed by atoms with Crippen LogP contribution in [-0.2, 0) is 11.3 Å². The number of nitrogens with one attached hydrogen (secondary N) is 1. The molecule has 0 saturated carbocycles. The van der Waals surface area contributed by atoms with Gasteiger partial charge in [-0.15, -0.1) is 6.58 Å². The van der Waals surface area contributed by atoms with Gasteiger partial charge in [0, 0.05) is 26.0 Å². The molecular weight excluding hydrogens is 238 g/mol. The van der Waals surface area contributed by atoms with Crippen molar-refractivity contribution in [2.45, 2.75) is 32.4 Å². The largest absolute Gasteiger partial charge is 0.377 e. The van der Waals surface area contributed by atoms with Crippen LogP contribution in [0.15, 0.2) is 42.8 Å². The highest BCUT2D eigenvalue weighted by atomic mass is 16.5. The molecule has 1 atom stereocenters. The minimum atomic E-state index is 0.148. The van der Waals surface area contributed by atoms with E-state index in [0.717, 1.165) is 25.2 Å². The molecule has 4 nitrogen and oxygen atoms in total. The summed E-state index contributed by atoms with van der Waals surface area (Å²) in [5.74, 6) is 0.821. The zero-order valence-corrected chi connectivity index (χ0v) is 11.8. The Labute approximate surface area is 115 Å². The smallest absolute Gasteiger partial charge is 0.141 e. The molecule has 0 aromatic carbocycles. The molecule has 1 N–H and O–H groups in total. The summed E-state index contributed by atoms with van der Waals surface area (Å²) in [6, 6.07) is 1.82. The Balaban J connectivity index is 2.19. The lowest BCUT2D eigenvalue weighted by atomic mass is 10.1. The predicted molar refractivity (Wildman–Crippen MR) is 77.7 cm³/mol. The van der Waals surface area contributed by atoms with Crippen molar-refractivity contribution in [2.24, 2.45) is 0 Å². The van der Waals surface area contributed by atoms with Crippen molar-refractivity contribution in [1.29, 1.82) is 0 Å². The Bertz CT molecular complexity index is 390. The van der Waals surface area contributed by atoms with E-state index in [1.807, 2.05) is 12.1 Å². The number of hydrogen-bond acceptors (Lipinski definition) is 4. The second kappa shape index (κ2) is 9.42. The minimum absolute atomic E-state index is 0.148. The molecule has 19 heavy (non-hydrogen) atoms. The van der Waals surface area contributed by atoms with E-state index in [1.54, 1.807) is 19.5 Å². The van der Waals surface area contributed by atoms with Crippen molar-refractivity contribution in [2.75, 3.05) is 13.7 Å². The lowest BCUT2D eigenvalue weighted by molar-refractivity contribution is 0.135. The first-order valence-electron chi connectivity index (χ1n) is 6.54. The summed E-state index contributed by atoms with van der Waals surface area (Å²) >= 11 is 0. The summed E-state index contributed by atoms with van der Waals surface area (Å²) < 4.78 is 5.24. The number of ether oxygens (including phenoxy) is 1. The fraction of sp³-hybridized carbons (Fsp3) is 0.467. The Morgan fingerprint density at radius 2 is 2.21 bits per heavy atom. The van der Waals surface area contributed by atoms with Gasteiger partial charge in [0.15, 0.2) is 0 Å². The Morgan fingerprint density at radius 3 is 2.84 bits per heavy atom. The van der Waals surface area contributed by atoms with Crippen LogP contribution < -0.4 is 5.32 Å². The van der Waals surface area contributed by atoms with Crippen LogP contribution in [0.4, 0.5) is 0 Å². The SMILES string of the molecule is C=CC(CC/C=C(/C)CNCc1ncccn1)OC. The summed E-state index contributed by atoms with van der Waals surface area (Å²) in [6.45, 7) is 7.41. The molecule has 0 aliphatic heterocycles. The van der Waals surface area contributed by atoms with E-state index >= 15 is 0 Å². The second-order valence-electron chi connectivity index (χ2n) is 4.41. The maximum absolute atomic E-state index is 5.24. The molecule has 104 valence electrons. The number of rotatable bonds is 9. The Morgan fingerprint density at radius 1 is 1.47 bits per heavy atom. The van der Waals surface area contributed by atoms with Crippen molar-refractivity contribution in [3.63, 3.8) is 0 Å². The highest BCUT2D eigenvalue weighted by molar-refractivity contribution is 5.01. The average Bonchev–Trinajstić information content (AvgIpc) is 2.45. The number of nitrogens with zero attached hydrogens (tertiary/aromatic N) is 2. The quantitative estimate of drug-likeness (QED) is 0.694. The summed E-state index contributed by atoms with van der Waals surface area (Å²) in [7, 11) is 1.71. The van der Waals surface area contributed by atoms with Crippen molar-refractivity contribution in [3.05, 3.63) is 48.6 Å². The first-order chi connectivity index (χ1) is 9.26. The van der Waals surface area contributed by atoms with Crippen molar-refractivity contribution >= 4 is 0 Å². The minimum Gasteiger partial charge on any atom is -0.377 e. The Kier molecular flexibility index (Phi) is 7.70. The summed E-state index contributed by atoms with van der Waals surface area (Å²) in [6.07, 6.45) is 9.70. The molecule has 0 aliphatic carbocycles. The topological polar surface area (TPSA) is 47.0 Å². The van der Waals surface area contributed by atoms with Gasteiger partial charge in [0.25, 0.3) is 0 Å². The van der Waals surface area contributed by atoms with Gasteiger partial charge >= 0.3 is 0 Å². The molecule has 0 aliphatic rings. The lowest BCUT2D eigenvalue weighted by Crippen LogP contribution is -2.17. The van der Waals surface area contributed by atoms with Crippen LogP contribution >= 0.6 is 0 Å². The summed E-state index contributed by atoms with van der Waals surface area (Å²) in [4.78, 5) is 8.32. The van der Waals surface area contributed by atoms with Crippen LogP contribution in [0.1, 0.15) is 25.6 Å². The molecule has 0 spiro atoms. The van der Waals surface area contributed by atoms with Gasteiger partial charge in [-0.1, -0.05) is 17.7 Å². The normalized spacial score (nSPS) is 13.3. The third kappa shape index (κ3) is 6.84. The van der Waals surface area contributed by atoms with E-state index in [-0.39, 0.29) is 6.10 Å². The lowest BCUT2D eigenvalue weighted by Gasteiger charge is -2.09. The molecule has 1 unspecified atom stereocenters. The molecule has 0 amide bonds. The predicted octanol–water partition coefficient (Wildman–Crippen LogP) is 2.49. The van der Waals surface area contributed by atoms with E-state index in [1.165, 1.54) is 5.57 Å². The van der Waals surface area contributed by atoms with Gasteiger partial charge in [-0.05, 0) is 25.8 Å². The highest BCUT2D eigenvalue weighted by Crippen LogP contribution is 2.05. The molecule has 4 heteroatoms. The fourth-order valence-corrected chi connectivity index (χ4v) is 1.69. The standard InChI is InChI=1S/C15H23N3O/c1-4-14(19-3)8-5-7-13(2)11-16-12-15-17-9-6-10-18-15/h4,6-7,9-10,14,16H,1,5,8,11-12H2,2-3H3/b13-7-. The average molecular weight is 261 g/mol. The maximum Gasteiger partial charge on any atom is 0.141 e. The van der Waals surface area contributed by atoms with Crippen LogP contribution in [0.5, 0.6) is 0 Å². The molecule has 1 aromatic rings. The summed E-state index contributed by atoms with van der Waals surface area (Å²) in [5.41, 5.74) is 1.31. The number of allylic oxidation sites excluding steroid dienone is 1. The van der Waals surface area contributed by atoms with E-state index in [0.29, 0.717) is 6.54 Å². The first kappa shape index (κ1) is 15.5. The third-order valence-electron chi connectivity index (χ3n) is 2.82. The van der Waals surface area contributed by atoms with Crippen molar-refractivity contribution in [1.82, 2.24) is 15.3 Å². The van der Waals surface area contributed by atoms with Crippen LogP contribution in [0, 0.1) is 0 Å². The zero-order valence-electron chi connectivity index (χ0n) is 11.8. The van der Waals surface area contributed by atoms with Crippen LogP contribution in [0.2, 0.25) is 0 Å². The zero-order chi connectivity index (χ0) is 13.9. The van der Waals surface area contributed by atoms with Gasteiger partial charge in [-0.25, -0.2) is 9.97 Å². The van der Waals surface area contributed by atoms with Gasteiger partial charge < -0.3 is 10.1 Å². The first-order valence-corrected chi connectivity index (χ1v) is 6.54. The highest BCUT2D eigenvalue weighted by Gasteiger charge is 2.00. The number of hydrogen-bond donors (Lipinski definition) is 1. The second-order valence-corrected chi connectivity index (χ2v) is 4.41. The molecule has 0 fully saturated rings. The molecule has 1 aromatic heterocycles. The van der Waals surface area contributed by atoms with E-state index < -0.39 is 0 Å². The van der Waals surface area contributed by atoms with Gasteiger partial charge in [0.05, 0.1) is 12.6 Å². The summed E-state index contributed by atoms with van der Waals surface area (Å²) in [5, 5.41) is 3.32. The number of aromatic nitrogens is 2.